The molecule has 7 atom stereocenters. The van der Waals surface area contributed by atoms with Gasteiger partial charge in [0.25, 0.3) is 0 Å². The number of rotatable bonds is 1. The molecular weight excluding hydrogens is 268 g/mol. The molecule has 0 heterocycles. The molecule has 4 aliphatic rings. The minimum absolute atomic E-state index is 0.0328. The van der Waals surface area contributed by atoms with E-state index in [2.05, 4.69) is 26.8 Å². The lowest BCUT2D eigenvalue weighted by atomic mass is 9.45. The molecule has 4 aliphatic carbocycles. The van der Waals surface area contributed by atoms with Crippen molar-refractivity contribution in [1.29, 1.82) is 0 Å². The van der Waals surface area contributed by atoms with Crippen molar-refractivity contribution in [1.82, 2.24) is 0 Å². The van der Waals surface area contributed by atoms with E-state index in [0.29, 0.717) is 5.41 Å². The van der Waals surface area contributed by atoms with Gasteiger partial charge in [-0.15, -0.1) is 0 Å². The van der Waals surface area contributed by atoms with E-state index < -0.39 is 0 Å². The van der Waals surface area contributed by atoms with Crippen LogP contribution >= 0.6 is 0 Å². The van der Waals surface area contributed by atoms with Crippen molar-refractivity contribution < 1.29 is 5.11 Å². The molecule has 1 unspecified atom stereocenters. The van der Waals surface area contributed by atoms with E-state index in [4.69, 9.17) is 0 Å². The van der Waals surface area contributed by atoms with E-state index in [1.165, 1.54) is 51.4 Å². The van der Waals surface area contributed by atoms with Crippen LogP contribution in [-0.2, 0) is 0 Å². The van der Waals surface area contributed by atoms with Crippen LogP contribution in [0.3, 0.4) is 0 Å². The van der Waals surface area contributed by atoms with Gasteiger partial charge in [0.15, 0.2) is 0 Å². The summed E-state index contributed by atoms with van der Waals surface area (Å²) in [5.41, 5.74) is 2.55. The maximum atomic E-state index is 10.6. The molecule has 0 spiro atoms. The van der Waals surface area contributed by atoms with Gasteiger partial charge in [0.2, 0.25) is 0 Å². The van der Waals surface area contributed by atoms with E-state index in [1.807, 2.05) is 5.57 Å². The monoisotopic (exact) mass is 302 g/mol. The Kier molecular flexibility index (Phi) is 3.53. The van der Waals surface area contributed by atoms with E-state index in [0.717, 1.165) is 30.1 Å². The summed E-state index contributed by atoms with van der Waals surface area (Å²) in [4.78, 5) is 0. The number of hydrogen-bond acceptors (Lipinski definition) is 1. The van der Waals surface area contributed by atoms with E-state index in [1.54, 1.807) is 0 Å². The van der Waals surface area contributed by atoms with Crippen molar-refractivity contribution in [2.45, 2.75) is 84.7 Å². The summed E-state index contributed by atoms with van der Waals surface area (Å²) in [5, 5.41) is 10.6. The predicted octanol–water partition coefficient (Wildman–Crippen LogP) is 5.34. The molecule has 0 aromatic rings. The molecule has 1 N–H and O–H groups in total. The number of fused-ring (bicyclic) bond motifs is 5. The van der Waals surface area contributed by atoms with Crippen molar-refractivity contribution in [3.63, 3.8) is 0 Å². The van der Waals surface area contributed by atoms with Crippen LogP contribution in [0, 0.1) is 34.5 Å². The zero-order valence-electron chi connectivity index (χ0n) is 14.8. The first-order valence-electron chi connectivity index (χ1n) is 9.89. The minimum Gasteiger partial charge on any atom is -0.393 e. The lowest BCUT2D eigenvalue weighted by Crippen LogP contribution is -2.52. The lowest BCUT2D eigenvalue weighted by Gasteiger charge is -2.59. The van der Waals surface area contributed by atoms with Crippen LogP contribution in [0.25, 0.3) is 0 Å². The topological polar surface area (TPSA) is 20.2 Å². The Bertz CT molecular complexity index is 480. The number of allylic oxidation sites excluding steroid dienone is 2. The van der Waals surface area contributed by atoms with Crippen LogP contribution in [0.5, 0.6) is 0 Å². The average molecular weight is 303 g/mol. The smallest absolute Gasteiger partial charge is 0.0596 e. The molecule has 0 aliphatic heterocycles. The van der Waals surface area contributed by atoms with Crippen molar-refractivity contribution in [3.05, 3.63) is 11.6 Å². The van der Waals surface area contributed by atoms with Gasteiger partial charge in [0, 0.05) is 0 Å². The fraction of sp³-hybridized carbons (Fsp3) is 0.905. The van der Waals surface area contributed by atoms with Gasteiger partial charge in [-0.05, 0) is 92.3 Å². The zero-order chi connectivity index (χ0) is 15.5. The maximum absolute atomic E-state index is 10.6. The first kappa shape index (κ1) is 15.2. The molecule has 0 aromatic carbocycles. The minimum atomic E-state index is -0.0328. The highest BCUT2D eigenvalue weighted by molar-refractivity contribution is 5.26. The van der Waals surface area contributed by atoms with Crippen LogP contribution < -0.4 is 0 Å². The van der Waals surface area contributed by atoms with Gasteiger partial charge in [-0.2, -0.15) is 0 Å². The Labute approximate surface area is 136 Å². The number of aliphatic hydroxyl groups is 1. The van der Waals surface area contributed by atoms with Crippen LogP contribution in [0.15, 0.2) is 11.6 Å². The van der Waals surface area contributed by atoms with Gasteiger partial charge in [0.1, 0.15) is 0 Å². The van der Waals surface area contributed by atoms with Crippen LogP contribution in [0.1, 0.15) is 78.6 Å². The highest BCUT2D eigenvalue weighted by Crippen LogP contribution is 2.66. The zero-order valence-corrected chi connectivity index (χ0v) is 14.8. The van der Waals surface area contributed by atoms with E-state index in [-0.39, 0.29) is 11.5 Å². The fourth-order valence-corrected chi connectivity index (χ4v) is 7.36. The Hall–Kier alpha value is -0.300. The summed E-state index contributed by atoms with van der Waals surface area (Å²) in [5.74, 6) is 3.38. The van der Waals surface area contributed by atoms with Gasteiger partial charge in [-0.3, -0.25) is 0 Å². The van der Waals surface area contributed by atoms with Gasteiger partial charge >= 0.3 is 0 Å². The quantitative estimate of drug-likeness (QED) is 0.648. The molecular formula is C21H34O. The third kappa shape index (κ3) is 1.87. The highest BCUT2D eigenvalue weighted by atomic mass is 16.3. The van der Waals surface area contributed by atoms with E-state index in [9.17, 15) is 5.11 Å². The summed E-state index contributed by atoms with van der Waals surface area (Å²) >= 11 is 0. The average Bonchev–Trinajstić information content (AvgIpc) is 2.82. The Morgan fingerprint density at radius 3 is 2.73 bits per heavy atom. The third-order valence-corrected chi connectivity index (χ3v) is 8.62. The van der Waals surface area contributed by atoms with Crippen LogP contribution in [0.2, 0.25) is 0 Å². The van der Waals surface area contributed by atoms with Crippen molar-refractivity contribution in [3.8, 4) is 0 Å². The molecule has 4 rings (SSSR count). The largest absolute Gasteiger partial charge is 0.393 e. The molecule has 0 bridgehead atoms. The third-order valence-electron chi connectivity index (χ3n) is 8.62. The number of aliphatic hydroxyl groups excluding tert-OH is 1. The van der Waals surface area contributed by atoms with Crippen molar-refractivity contribution >= 4 is 0 Å². The fourth-order valence-electron chi connectivity index (χ4n) is 7.36. The Morgan fingerprint density at radius 2 is 1.95 bits per heavy atom. The lowest BCUT2D eigenvalue weighted by molar-refractivity contribution is -0.0827. The summed E-state index contributed by atoms with van der Waals surface area (Å²) in [6.07, 6.45) is 14.4. The molecule has 3 fully saturated rings. The first-order chi connectivity index (χ1) is 10.5. The van der Waals surface area contributed by atoms with Crippen molar-refractivity contribution in [2.75, 3.05) is 0 Å². The van der Waals surface area contributed by atoms with Crippen LogP contribution in [-0.4, -0.2) is 11.2 Å². The predicted molar refractivity (Wildman–Crippen MR) is 91.5 cm³/mol. The molecule has 0 radical (unpaired) electrons. The molecule has 124 valence electrons. The molecule has 1 heteroatoms. The summed E-state index contributed by atoms with van der Waals surface area (Å²) in [6.45, 7) is 7.40. The van der Waals surface area contributed by atoms with Gasteiger partial charge < -0.3 is 5.11 Å². The van der Waals surface area contributed by atoms with E-state index >= 15 is 0 Å². The molecule has 3 saturated carbocycles. The summed E-state index contributed by atoms with van der Waals surface area (Å²) in [6, 6.07) is 0. The SMILES string of the molecule is CC[C@H]1C[C@@H]2[C@H](CC[C@]3(C)C(O)CC[C@@H]23)[C@@]2(C)CCCC=C12. The molecule has 1 nitrogen and oxygen atoms in total. The number of hydrogen-bond donors (Lipinski definition) is 1. The molecule has 0 amide bonds. The van der Waals surface area contributed by atoms with Gasteiger partial charge in [-0.1, -0.05) is 32.4 Å². The summed E-state index contributed by atoms with van der Waals surface area (Å²) in [7, 11) is 0. The first-order valence-corrected chi connectivity index (χ1v) is 9.89. The molecule has 22 heavy (non-hydrogen) atoms. The maximum Gasteiger partial charge on any atom is 0.0596 e. The highest BCUT2D eigenvalue weighted by Gasteiger charge is 2.59. The second-order valence-electron chi connectivity index (χ2n) is 9.32. The standard InChI is InChI=1S/C21H34O/c1-4-14-13-15-17-8-9-19(22)21(17,3)12-10-18(15)20(2)11-6-5-7-16(14)20/h7,14-15,17-19,22H,4-6,8-13H2,1-3H3/t14-,15-,17-,18-,19?,20-,21-/m0/s1. The molecule has 0 saturated heterocycles. The second-order valence-corrected chi connectivity index (χ2v) is 9.32. The van der Waals surface area contributed by atoms with Gasteiger partial charge in [-0.25, -0.2) is 0 Å². The Morgan fingerprint density at radius 1 is 1.14 bits per heavy atom. The summed E-state index contributed by atoms with van der Waals surface area (Å²) < 4.78 is 0. The van der Waals surface area contributed by atoms with Crippen molar-refractivity contribution in [2.24, 2.45) is 34.5 Å². The molecule has 0 aromatic heterocycles. The van der Waals surface area contributed by atoms with Gasteiger partial charge in [0.05, 0.1) is 6.10 Å². The van der Waals surface area contributed by atoms with Crippen LogP contribution in [0.4, 0.5) is 0 Å². The second kappa shape index (κ2) is 5.10. The Balaban J connectivity index is 1.72. The normalized spacial score (nSPS) is 54.2.